The molecule has 0 saturated heterocycles. The van der Waals surface area contributed by atoms with Gasteiger partial charge in [0.15, 0.2) is 0 Å². The highest BCUT2D eigenvalue weighted by molar-refractivity contribution is 6.83. The van der Waals surface area contributed by atoms with E-state index < -0.39 is 8.07 Å². The van der Waals surface area contributed by atoms with E-state index >= 15 is 0 Å². The molecule has 0 aliphatic carbocycles. The molecule has 0 bridgehead atoms. The molecule has 0 aliphatic heterocycles. The zero-order valence-electron chi connectivity index (χ0n) is 10.2. The molecule has 0 radical (unpaired) electrons. The number of nitrogens with zero attached hydrogens (tertiary/aromatic N) is 1. The number of para-hydroxylation sites is 1. The monoisotopic (exact) mass is 259 g/mol. The summed E-state index contributed by atoms with van der Waals surface area (Å²) in [7, 11) is -1.38. The van der Waals surface area contributed by atoms with Crippen LogP contribution in [0.15, 0.2) is 30.3 Å². The van der Waals surface area contributed by atoms with E-state index in [-0.39, 0.29) is 0 Å². The molecule has 3 heteroatoms. The summed E-state index contributed by atoms with van der Waals surface area (Å²) in [5.41, 5.74) is 5.05. The van der Waals surface area contributed by atoms with Crippen LogP contribution in [-0.2, 0) is 0 Å². The van der Waals surface area contributed by atoms with Gasteiger partial charge in [-0.05, 0) is 12.1 Å². The van der Waals surface area contributed by atoms with Crippen molar-refractivity contribution >= 4 is 30.6 Å². The number of aromatic nitrogens is 1. The minimum absolute atomic E-state index is 0.495. The molecule has 0 saturated carbocycles. The van der Waals surface area contributed by atoms with Gasteiger partial charge in [-0.15, -0.1) is 5.54 Å². The van der Waals surface area contributed by atoms with Crippen molar-refractivity contribution in [1.82, 2.24) is 4.98 Å². The Morgan fingerprint density at radius 2 is 1.88 bits per heavy atom. The van der Waals surface area contributed by atoms with Crippen molar-refractivity contribution in [2.45, 2.75) is 19.6 Å². The molecule has 2 rings (SSSR count). The van der Waals surface area contributed by atoms with Crippen LogP contribution in [0.3, 0.4) is 0 Å². The van der Waals surface area contributed by atoms with E-state index in [1.165, 1.54) is 0 Å². The minimum Gasteiger partial charge on any atom is -0.235 e. The lowest BCUT2D eigenvalue weighted by atomic mass is 10.2. The molecule has 17 heavy (non-hydrogen) atoms. The first-order valence-electron chi connectivity index (χ1n) is 5.54. The van der Waals surface area contributed by atoms with Crippen LogP contribution in [0.4, 0.5) is 0 Å². The average Bonchev–Trinajstić information content (AvgIpc) is 2.25. The van der Waals surface area contributed by atoms with E-state index in [1.54, 1.807) is 0 Å². The lowest BCUT2D eigenvalue weighted by Crippen LogP contribution is -2.16. The van der Waals surface area contributed by atoms with Crippen LogP contribution in [0, 0.1) is 11.5 Å². The minimum atomic E-state index is -1.38. The van der Waals surface area contributed by atoms with Crippen molar-refractivity contribution in [3.05, 3.63) is 41.0 Å². The molecule has 1 aromatic carbocycles. The fourth-order valence-corrected chi connectivity index (χ4v) is 2.14. The smallest absolute Gasteiger partial charge is 0.145 e. The van der Waals surface area contributed by atoms with Crippen LogP contribution in [0.2, 0.25) is 24.8 Å². The summed E-state index contributed by atoms with van der Waals surface area (Å²) in [4.78, 5) is 4.35. The lowest BCUT2D eigenvalue weighted by Gasteiger charge is -2.04. The number of benzene rings is 1. The predicted molar refractivity (Wildman–Crippen MR) is 77.0 cm³/mol. The Morgan fingerprint density at radius 1 is 1.18 bits per heavy atom. The summed E-state index contributed by atoms with van der Waals surface area (Å²) < 4.78 is 0. The van der Waals surface area contributed by atoms with Crippen LogP contribution >= 0.6 is 11.6 Å². The third kappa shape index (κ3) is 3.09. The molecule has 0 aliphatic rings. The van der Waals surface area contributed by atoms with Gasteiger partial charge in [-0.3, -0.25) is 0 Å². The van der Waals surface area contributed by atoms with Gasteiger partial charge in [0.25, 0.3) is 0 Å². The van der Waals surface area contributed by atoms with Crippen molar-refractivity contribution in [2.24, 2.45) is 0 Å². The number of hydrogen-bond donors (Lipinski definition) is 0. The number of rotatable bonds is 0. The van der Waals surface area contributed by atoms with E-state index in [2.05, 4.69) is 36.1 Å². The highest BCUT2D eigenvalue weighted by atomic mass is 35.5. The van der Waals surface area contributed by atoms with E-state index in [1.807, 2.05) is 30.3 Å². The van der Waals surface area contributed by atoms with Crippen LogP contribution in [0.25, 0.3) is 10.9 Å². The van der Waals surface area contributed by atoms with E-state index in [9.17, 15) is 0 Å². The zero-order valence-corrected chi connectivity index (χ0v) is 12.0. The van der Waals surface area contributed by atoms with Crippen molar-refractivity contribution < 1.29 is 0 Å². The summed E-state index contributed by atoms with van der Waals surface area (Å²) in [5.74, 6) is 3.16. The summed E-state index contributed by atoms with van der Waals surface area (Å²) >= 11 is 6.13. The highest BCUT2D eigenvalue weighted by Crippen LogP contribution is 2.19. The number of pyridine rings is 1. The molecule has 1 nitrogen and oxygen atoms in total. The van der Waals surface area contributed by atoms with Crippen molar-refractivity contribution in [3.8, 4) is 11.5 Å². The Bertz CT molecular complexity index is 617. The fraction of sp³-hybridized carbons (Fsp3) is 0.214. The Labute approximate surface area is 108 Å². The maximum Gasteiger partial charge on any atom is 0.145 e. The third-order valence-corrected chi connectivity index (χ3v) is 3.41. The van der Waals surface area contributed by atoms with E-state index in [4.69, 9.17) is 11.6 Å². The fourth-order valence-electron chi connectivity index (χ4n) is 1.43. The van der Waals surface area contributed by atoms with Crippen molar-refractivity contribution in [3.63, 3.8) is 0 Å². The Balaban J connectivity index is 2.54. The second-order valence-electron chi connectivity index (χ2n) is 5.02. The van der Waals surface area contributed by atoms with Gasteiger partial charge in [0.1, 0.15) is 13.2 Å². The Hall–Kier alpha value is -1.30. The molecule has 0 unspecified atom stereocenters. The molecule has 86 valence electrons. The highest BCUT2D eigenvalue weighted by Gasteiger charge is 2.08. The first-order chi connectivity index (χ1) is 7.96. The number of hydrogen-bond acceptors (Lipinski definition) is 1. The van der Waals surface area contributed by atoms with Gasteiger partial charge in [0.05, 0.1) is 11.1 Å². The van der Waals surface area contributed by atoms with Gasteiger partial charge in [-0.25, -0.2) is 4.98 Å². The Morgan fingerprint density at radius 3 is 2.59 bits per heavy atom. The lowest BCUT2D eigenvalue weighted by molar-refractivity contribution is 1.39. The molecule has 1 aromatic heterocycles. The Kier molecular flexibility index (Phi) is 3.23. The van der Waals surface area contributed by atoms with Crippen LogP contribution in [0.1, 0.15) is 5.56 Å². The summed E-state index contributed by atoms with van der Waals surface area (Å²) in [6.45, 7) is 6.63. The van der Waals surface area contributed by atoms with Gasteiger partial charge in [0.2, 0.25) is 0 Å². The summed E-state index contributed by atoms with van der Waals surface area (Å²) in [5, 5.41) is 1.58. The first kappa shape index (κ1) is 12.2. The second-order valence-corrected chi connectivity index (χ2v) is 10.1. The molecule has 0 atom stereocenters. The van der Waals surface area contributed by atoms with Crippen molar-refractivity contribution in [1.29, 1.82) is 0 Å². The number of fused-ring (bicyclic) bond motifs is 1. The first-order valence-corrected chi connectivity index (χ1v) is 9.42. The predicted octanol–water partition coefficient (Wildman–Crippen LogP) is 4.12. The van der Waals surface area contributed by atoms with Crippen molar-refractivity contribution in [2.75, 3.05) is 0 Å². The van der Waals surface area contributed by atoms with Gasteiger partial charge >= 0.3 is 0 Å². The topological polar surface area (TPSA) is 12.9 Å². The summed E-state index contributed by atoms with van der Waals surface area (Å²) in [6, 6.07) is 9.94. The van der Waals surface area contributed by atoms with Crippen LogP contribution in [0.5, 0.6) is 0 Å². The summed E-state index contributed by atoms with van der Waals surface area (Å²) in [6.07, 6.45) is 0. The molecule has 0 amide bonds. The maximum absolute atomic E-state index is 6.13. The van der Waals surface area contributed by atoms with Gasteiger partial charge in [0, 0.05) is 5.39 Å². The quantitative estimate of drug-likeness (QED) is 0.394. The standard InChI is InChI=1S/C14H14ClNSi/c1-17(2,3)9-8-12-10-11-6-4-5-7-13(11)16-14(12)15/h4-7,10H,1-3H3. The van der Waals surface area contributed by atoms with Gasteiger partial charge in [-0.1, -0.05) is 55.4 Å². The molecular formula is C14H14ClNSi. The second kappa shape index (κ2) is 4.52. The third-order valence-electron chi connectivity index (χ3n) is 2.25. The SMILES string of the molecule is C[Si](C)(C)C#Cc1cc2ccccc2nc1Cl. The molecular weight excluding hydrogens is 246 g/mol. The van der Waals surface area contributed by atoms with Crippen LogP contribution < -0.4 is 0 Å². The van der Waals surface area contributed by atoms with Gasteiger partial charge < -0.3 is 0 Å². The molecule has 0 spiro atoms. The molecule has 2 aromatic rings. The zero-order chi connectivity index (χ0) is 12.5. The number of halogens is 1. The van der Waals surface area contributed by atoms with E-state index in [0.29, 0.717) is 5.15 Å². The molecule has 1 heterocycles. The van der Waals surface area contributed by atoms with Crippen LogP contribution in [-0.4, -0.2) is 13.1 Å². The van der Waals surface area contributed by atoms with Gasteiger partial charge in [-0.2, -0.15) is 0 Å². The average molecular weight is 260 g/mol. The molecule has 0 fully saturated rings. The normalized spacial score (nSPS) is 11.1. The van der Waals surface area contributed by atoms with E-state index in [0.717, 1.165) is 16.5 Å². The molecule has 0 N–H and O–H groups in total. The maximum atomic E-state index is 6.13. The largest absolute Gasteiger partial charge is 0.235 e.